The number of ether oxygens (including phenoxy) is 1. The van der Waals surface area contributed by atoms with E-state index in [9.17, 15) is 0 Å². The quantitative estimate of drug-likeness (QED) is 0.646. The fourth-order valence-electron chi connectivity index (χ4n) is 2.09. The highest BCUT2D eigenvalue weighted by atomic mass is 16.5. The van der Waals surface area contributed by atoms with Crippen LogP contribution in [0.1, 0.15) is 27.7 Å². The standard InChI is InChI=1S/C10H21NO2/c1-6-7(2)9(4)13-10(5-11-12)8(6)3/h6-12H,5H2,1-4H3/t6-,7-,8+,9+,10-/m1/s1. The van der Waals surface area contributed by atoms with Crippen LogP contribution in [0.25, 0.3) is 0 Å². The van der Waals surface area contributed by atoms with E-state index in [2.05, 4.69) is 33.2 Å². The second-order valence-corrected chi connectivity index (χ2v) is 4.32. The maximum atomic E-state index is 8.64. The van der Waals surface area contributed by atoms with E-state index in [-0.39, 0.29) is 6.10 Å². The molecule has 1 rings (SSSR count). The molecule has 0 aromatic rings. The lowest BCUT2D eigenvalue weighted by Crippen LogP contribution is -2.47. The molecule has 13 heavy (non-hydrogen) atoms. The number of hydroxylamine groups is 1. The van der Waals surface area contributed by atoms with Crippen LogP contribution in [-0.2, 0) is 4.74 Å². The van der Waals surface area contributed by atoms with Gasteiger partial charge in [-0.2, -0.15) is 0 Å². The third-order valence-electron chi connectivity index (χ3n) is 3.67. The molecular formula is C10H21NO2. The first-order valence-electron chi connectivity index (χ1n) is 5.10. The van der Waals surface area contributed by atoms with Crippen molar-refractivity contribution in [3.63, 3.8) is 0 Å². The van der Waals surface area contributed by atoms with Gasteiger partial charge in [-0.05, 0) is 24.7 Å². The number of hydrogen-bond donors (Lipinski definition) is 2. The van der Waals surface area contributed by atoms with Gasteiger partial charge >= 0.3 is 0 Å². The highest BCUT2D eigenvalue weighted by Gasteiger charge is 2.36. The monoisotopic (exact) mass is 187 g/mol. The van der Waals surface area contributed by atoms with Crippen LogP contribution in [0.3, 0.4) is 0 Å². The van der Waals surface area contributed by atoms with Crippen LogP contribution in [0.15, 0.2) is 0 Å². The predicted molar refractivity (Wildman–Crippen MR) is 51.6 cm³/mol. The average molecular weight is 187 g/mol. The van der Waals surface area contributed by atoms with Crippen LogP contribution >= 0.6 is 0 Å². The minimum absolute atomic E-state index is 0.145. The van der Waals surface area contributed by atoms with E-state index in [1.165, 1.54) is 0 Å². The highest BCUT2D eigenvalue weighted by molar-refractivity contribution is 4.84. The largest absolute Gasteiger partial charge is 0.373 e. The molecule has 0 aromatic heterocycles. The molecule has 0 amide bonds. The van der Waals surface area contributed by atoms with Crippen molar-refractivity contribution in [1.29, 1.82) is 0 Å². The second-order valence-electron chi connectivity index (χ2n) is 4.32. The molecule has 2 N–H and O–H groups in total. The first kappa shape index (κ1) is 11.0. The molecular weight excluding hydrogens is 166 g/mol. The van der Waals surface area contributed by atoms with Crippen molar-refractivity contribution < 1.29 is 9.94 Å². The summed E-state index contributed by atoms with van der Waals surface area (Å²) in [5.74, 6) is 1.76. The zero-order chi connectivity index (χ0) is 10.0. The van der Waals surface area contributed by atoms with E-state index >= 15 is 0 Å². The minimum Gasteiger partial charge on any atom is -0.373 e. The molecule has 1 fully saturated rings. The molecule has 3 heteroatoms. The summed E-state index contributed by atoms with van der Waals surface area (Å²) in [6.45, 7) is 9.32. The summed E-state index contributed by atoms with van der Waals surface area (Å²) in [4.78, 5) is 0. The van der Waals surface area contributed by atoms with Crippen LogP contribution in [0.5, 0.6) is 0 Å². The molecule has 0 aromatic carbocycles. The molecule has 1 heterocycles. The molecule has 1 aliphatic heterocycles. The molecule has 1 saturated heterocycles. The molecule has 0 unspecified atom stereocenters. The SMILES string of the molecule is C[C@@H]1[C@@H](C)[C@H](C)O[C@H](CNO)[C@H]1C. The number of rotatable bonds is 2. The average Bonchev–Trinajstić information content (AvgIpc) is 2.11. The van der Waals surface area contributed by atoms with E-state index in [0.29, 0.717) is 30.4 Å². The zero-order valence-electron chi connectivity index (χ0n) is 8.95. The van der Waals surface area contributed by atoms with E-state index in [1.807, 2.05) is 0 Å². The Kier molecular flexibility index (Phi) is 3.71. The molecule has 1 aliphatic rings. The lowest BCUT2D eigenvalue weighted by molar-refractivity contribution is -0.130. The smallest absolute Gasteiger partial charge is 0.0754 e. The lowest BCUT2D eigenvalue weighted by atomic mass is 9.77. The van der Waals surface area contributed by atoms with Gasteiger partial charge in [0.1, 0.15) is 0 Å². The maximum Gasteiger partial charge on any atom is 0.0754 e. The fraction of sp³-hybridized carbons (Fsp3) is 1.00. The minimum atomic E-state index is 0.145. The number of nitrogens with one attached hydrogen (secondary N) is 1. The van der Waals surface area contributed by atoms with Crippen LogP contribution in [-0.4, -0.2) is 24.0 Å². The molecule has 3 nitrogen and oxygen atoms in total. The molecule has 5 atom stereocenters. The first-order valence-corrected chi connectivity index (χ1v) is 5.10. The van der Waals surface area contributed by atoms with E-state index in [1.54, 1.807) is 0 Å². The first-order chi connectivity index (χ1) is 6.07. The summed E-state index contributed by atoms with van der Waals surface area (Å²) in [6.07, 6.45) is 0.441. The van der Waals surface area contributed by atoms with Crippen molar-refractivity contribution >= 4 is 0 Å². The van der Waals surface area contributed by atoms with Crippen molar-refractivity contribution in [2.75, 3.05) is 6.54 Å². The van der Waals surface area contributed by atoms with Gasteiger partial charge in [-0.3, -0.25) is 0 Å². The summed E-state index contributed by atoms with van der Waals surface area (Å²) in [7, 11) is 0. The zero-order valence-corrected chi connectivity index (χ0v) is 8.95. The van der Waals surface area contributed by atoms with Gasteiger partial charge in [-0.15, -0.1) is 0 Å². The van der Waals surface area contributed by atoms with Gasteiger partial charge in [0.2, 0.25) is 0 Å². The van der Waals surface area contributed by atoms with Crippen molar-refractivity contribution in [3.05, 3.63) is 0 Å². The van der Waals surface area contributed by atoms with Crippen molar-refractivity contribution in [1.82, 2.24) is 5.48 Å². The van der Waals surface area contributed by atoms with E-state index < -0.39 is 0 Å². The van der Waals surface area contributed by atoms with Gasteiger partial charge in [-0.1, -0.05) is 20.8 Å². The Hall–Kier alpha value is -0.120. The molecule has 0 spiro atoms. The topological polar surface area (TPSA) is 41.5 Å². The number of hydrogen-bond acceptors (Lipinski definition) is 3. The molecule has 0 radical (unpaired) electrons. The summed E-state index contributed by atoms with van der Waals surface area (Å²) >= 11 is 0. The van der Waals surface area contributed by atoms with Gasteiger partial charge < -0.3 is 9.94 Å². The summed E-state index contributed by atoms with van der Waals surface area (Å²) in [5, 5.41) is 8.64. The Bertz CT molecular complexity index is 163. The summed E-state index contributed by atoms with van der Waals surface area (Å²) < 4.78 is 5.80. The third kappa shape index (κ3) is 2.22. The van der Waals surface area contributed by atoms with Gasteiger partial charge in [0.15, 0.2) is 0 Å². The molecule has 0 aliphatic carbocycles. The van der Waals surface area contributed by atoms with Crippen LogP contribution < -0.4 is 5.48 Å². The molecule has 0 bridgehead atoms. The van der Waals surface area contributed by atoms with Gasteiger partial charge in [0, 0.05) is 6.54 Å². The van der Waals surface area contributed by atoms with Gasteiger partial charge in [-0.25, -0.2) is 5.48 Å². The van der Waals surface area contributed by atoms with Gasteiger partial charge in [0.25, 0.3) is 0 Å². The summed E-state index contributed by atoms with van der Waals surface area (Å²) in [6, 6.07) is 0. The predicted octanol–water partition coefficient (Wildman–Crippen LogP) is 1.66. The van der Waals surface area contributed by atoms with Crippen LogP contribution in [0.2, 0.25) is 0 Å². The second kappa shape index (κ2) is 4.40. The highest BCUT2D eigenvalue weighted by Crippen LogP contribution is 2.34. The fourth-order valence-corrected chi connectivity index (χ4v) is 2.09. The summed E-state index contributed by atoms with van der Waals surface area (Å²) in [5.41, 5.74) is 2.20. The van der Waals surface area contributed by atoms with Crippen molar-refractivity contribution in [3.8, 4) is 0 Å². The Morgan fingerprint density at radius 2 is 1.69 bits per heavy atom. The van der Waals surface area contributed by atoms with Crippen molar-refractivity contribution in [2.24, 2.45) is 17.8 Å². The lowest BCUT2D eigenvalue weighted by Gasteiger charge is -2.42. The molecule has 0 saturated carbocycles. The Balaban J connectivity index is 2.59. The normalized spacial score (nSPS) is 46.4. The molecule has 78 valence electrons. The Morgan fingerprint density at radius 1 is 1.08 bits per heavy atom. The van der Waals surface area contributed by atoms with Gasteiger partial charge in [0.05, 0.1) is 12.2 Å². The van der Waals surface area contributed by atoms with Crippen LogP contribution in [0.4, 0.5) is 0 Å². The van der Waals surface area contributed by atoms with Crippen molar-refractivity contribution in [2.45, 2.75) is 39.9 Å². The Labute approximate surface area is 80.4 Å². The van der Waals surface area contributed by atoms with E-state index in [0.717, 1.165) is 0 Å². The van der Waals surface area contributed by atoms with E-state index in [4.69, 9.17) is 9.94 Å². The third-order valence-corrected chi connectivity index (χ3v) is 3.67. The maximum absolute atomic E-state index is 8.64. The Morgan fingerprint density at radius 3 is 2.23 bits per heavy atom. The van der Waals surface area contributed by atoms with Crippen LogP contribution in [0, 0.1) is 17.8 Å².